The van der Waals surface area contributed by atoms with Crippen LogP contribution < -0.4 is 0 Å². The lowest BCUT2D eigenvalue weighted by Gasteiger charge is -2.23. The van der Waals surface area contributed by atoms with Crippen LogP contribution in [0.3, 0.4) is 0 Å². The topological polar surface area (TPSA) is 69.9 Å². The van der Waals surface area contributed by atoms with Gasteiger partial charge in [-0.3, -0.25) is 0 Å². The fraction of sp³-hybridized carbons (Fsp3) is 1.00. The lowest BCUT2D eigenvalue weighted by molar-refractivity contribution is -0.207. The first-order chi connectivity index (χ1) is 5.55. The molecule has 0 spiro atoms. The van der Waals surface area contributed by atoms with Gasteiger partial charge in [-0.1, -0.05) is 0 Å². The Morgan fingerprint density at radius 2 is 1.92 bits per heavy atom. The monoisotopic (exact) mass is 212 g/mol. The maximum Gasteiger partial charge on any atom is 0.204 e. The van der Waals surface area contributed by atoms with Gasteiger partial charge in [0.1, 0.15) is 12.2 Å². The number of hydrogen-bond donors (Lipinski definition) is 5. The Labute approximate surface area is 81.4 Å². The molecule has 1 aliphatic heterocycles. The summed E-state index contributed by atoms with van der Waals surface area (Å²) in [6.45, 7) is 0. The van der Waals surface area contributed by atoms with E-state index in [2.05, 4.69) is 25.3 Å². The number of rotatable bonds is 2. The molecule has 4 atom stereocenters. The van der Waals surface area contributed by atoms with Crippen LogP contribution in [0.15, 0.2) is 0 Å². The Kier molecular flexibility index (Phi) is 3.30. The molecular weight excluding hydrogens is 200 g/mol. The van der Waals surface area contributed by atoms with Gasteiger partial charge in [-0.2, -0.15) is 25.3 Å². The van der Waals surface area contributed by atoms with Gasteiger partial charge in [0.15, 0.2) is 0 Å². The van der Waals surface area contributed by atoms with Crippen LogP contribution in [-0.2, 0) is 4.74 Å². The molecule has 0 saturated carbocycles. The summed E-state index contributed by atoms with van der Waals surface area (Å²) in [5.74, 6) is -1.56. The summed E-state index contributed by atoms with van der Waals surface area (Å²) in [5.41, 5.74) is 0. The first kappa shape index (κ1) is 10.6. The summed E-state index contributed by atoms with van der Waals surface area (Å²) in [6, 6.07) is 0. The van der Waals surface area contributed by atoms with Gasteiger partial charge in [0.25, 0.3) is 0 Å². The van der Waals surface area contributed by atoms with Crippen LogP contribution in [0.5, 0.6) is 0 Å². The molecule has 3 N–H and O–H groups in total. The summed E-state index contributed by atoms with van der Waals surface area (Å²) in [5, 5.41) is 28.1. The first-order valence-electron chi connectivity index (χ1n) is 3.53. The lowest BCUT2D eigenvalue weighted by Crippen LogP contribution is -2.44. The molecule has 0 aromatic heterocycles. The van der Waals surface area contributed by atoms with E-state index in [1.165, 1.54) is 0 Å². The maximum absolute atomic E-state index is 9.50. The largest absolute Gasteiger partial charge is 0.387 e. The second-order valence-corrected chi connectivity index (χ2v) is 3.46. The van der Waals surface area contributed by atoms with E-state index in [0.29, 0.717) is 0 Å². The molecule has 1 rings (SSSR count). The molecule has 0 radical (unpaired) electrons. The van der Waals surface area contributed by atoms with Crippen molar-refractivity contribution in [2.75, 3.05) is 11.5 Å². The molecule has 0 aliphatic carbocycles. The average Bonchev–Trinajstić information content (AvgIpc) is 2.31. The number of ether oxygens (including phenoxy) is 1. The number of hydrogen-bond acceptors (Lipinski definition) is 6. The molecule has 0 amide bonds. The highest BCUT2D eigenvalue weighted by Crippen LogP contribution is 2.30. The molecule has 0 bridgehead atoms. The Hall–Kier alpha value is 0.540. The third-order valence-corrected chi connectivity index (χ3v) is 2.74. The van der Waals surface area contributed by atoms with E-state index in [0.717, 1.165) is 0 Å². The van der Waals surface area contributed by atoms with E-state index in [9.17, 15) is 15.3 Å². The Balaban J connectivity index is 2.72. The third kappa shape index (κ3) is 1.59. The molecule has 6 heteroatoms. The van der Waals surface area contributed by atoms with Crippen molar-refractivity contribution >= 4 is 25.3 Å². The van der Waals surface area contributed by atoms with Gasteiger partial charge in [-0.25, -0.2) is 0 Å². The van der Waals surface area contributed by atoms with Gasteiger partial charge in [-0.15, -0.1) is 0 Å². The highest BCUT2D eigenvalue weighted by molar-refractivity contribution is 7.80. The molecule has 1 aliphatic rings. The van der Waals surface area contributed by atoms with E-state index in [1.54, 1.807) is 0 Å². The zero-order valence-electron chi connectivity index (χ0n) is 6.29. The van der Waals surface area contributed by atoms with Gasteiger partial charge in [0.05, 0.1) is 6.10 Å². The van der Waals surface area contributed by atoms with Crippen LogP contribution in [0.25, 0.3) is 0 Å². The van der Waals surface area contributed by atoms with Gasteiger partial charge in [-0.05, 0) is 0 Å². The minimum Gasteiger partial charge on any atom is -0.387 e. The Morgan fingerprint density at radius 1 is 1.33 bits per heavy atom. The van der Waals surface area contributed by atoms with E-state index in [1.807, 2.05) is 0 Å². The minimum absolute atomic E-state index is 0.0600. The molecule has 1 fully saturated rings. The predicted octanol–water partition coefficient (Wildman–Crippen LogP) is -1.34. The van der Waals surface area contributed by atoms with Crippen LogP contribution in [0.2, 0.25) is 0 Å². The van der Waals surface area contributed by atoms with Gasteiger partial charge < -0.3 is 20.1 Å². The number of thiol groups is 2. The van der Waals surface area contributed by atoms with E-state index in [4.69, 9.17) is 4.74 Å². The zero-order valence-corrected chi connectivity index (χ0v) is 8.08. The summed E-state index contributed by atoms with van der Waals surface area (Å²) < 4.78 is 4.97. The van der Waals surface area contributed by atoms with Crippen molar-refractivity contribution in [3.63, 3.8) is 0 Å². The van der Waals surface area contributed by atoms with E-state index in [-0.39, 0.29) is 11.5 Å². The molecule has 0 aromatic rings. The predicted molar refractivity (Wildman–Crippen MR) is 49.5 cm³/mol. The van der Waals surface area contributed by atoms with Crippen molar-refractivity contribution in [3.05, 3.63) is 0 Å². The zero-order chi connectivity index (χ0) is 9.35. The van der Waals surface area contributed by atoms with Crippen molar-refractivity contribution in [1.29, 1.82) is 0 Å². The Bertz CT molecular complexity index is 168. The van der Waals surface area contributed by atoms with Crippen LogP contribution in [0.1, 0.15) is 0 Å². The molecular formula is C6H12O4S2. The van der Waals surface area contributed by atoms with Crippen molar-refractivity contribution < 1.29 is 20.1 Å². The van der Waals surface area contributed by atoms with E-state index >= 15 is 0 Å². The molecule has 1 saturated heterocycles. The minimum atomic E-state index is -1.74. The van der Waals surface area contributed by atoms with Crippen molar-refractivity contribution in [2.24, 2.45) is 0 Å². The molecule has 1 heterocycles. The highest BCUT2D eigenvalue weighted by atomic mass is 32.1. The van der Waals surface area contributed by atoms with Crippen LogP contribution in [0.4, 0.5) is 0 Å². The van der Waals surface area contributed by atoms with Crippen molar-refractivity contribution in [3.8, 4) is 0 Å². The molecule has 4 unspecified atom stereocenters. The summed E-state index contributed by atoms with van der Waals surface area (Å²) in [6.07, 6.45) is -3.05. The molecule has 72 valence electrons. The van der Waals surface area contributed by atoms with Crippen LogP contribution in [-0.4, -0.2) is 50.9 Å². The van der Waals surface area contributed by atoms with Gasteiger partial charge in [0.2, 0.25) is 5.79 Å². The van der Waals surface area contributed by atoms with Crippen molar-refractivity contribution in [1.82, 2.24) is 0 Å². The summed E-state index contributed by atoms with van der Waals surface area (Å²) in [4.78, 5) is 0. The highest BCUT2D eigenvalue weighted by Gasteiger charge is 2.51. The average molecular weight is 212 g/mol. The second-order valence-electron chi connectivity index (χ2n) is 2.78. The normalized spacial score (nSPS) is 48.2. The van der Waals surface area contributed by atoms with E-state index < -0.39 is 24.1 Å². The number of aliphatic hydroxyl groups excluding tert-OH is 2. The molecule has 4 nitrogen and oxygen atoms in total. The number of aliphatic hydroxyl groups is 3. The first-order valence-corrected chi connectivity index (χ1v) is 4.79. The summed E-state index contributed by atoms with van der Waals surface area (Å²) in [7, 11) is 0. The van der Waals surface area contributed by atoms with Crippen LogP contribution in [0, 0.1) is 0 Å². The molecule has 12 heavy (non-hydrogen) atoms. The van der Waals surface area contributed by atoms with Gasteiger partial charge >= 0.3 is 0 Å². The lowest BCUT2D eigenvalue weighted by atomic mass is 10.1. The summed E-state index contributed by atoms with van der Waals surface area (Å²) >= 11 is 7.71. The quantitative estimate of drug-likeness (QED) is 0.367. The standard InChI is InChI=1S/C6H12O4S2/c7-4-3(1-11)10-6(9,2-12)5(4)8/h3-5,7-9,11-12H,1-2H2. The SMILES string of the molecule is OC1C(CS)OC(O)(CS)C1O. The second kappa shape index (κ2) is 3.73. The fourth-order valence-electron chi connectivity index (χ4n) is 1.15. The fourth-order valence-corrected chi connectivity index (χ4v) is 1.70. The Morgan fingerprint density at radius 3 is 2.17 bits per heavy atom. The van der Waals surface area contributed by atoms with Crippen molar-refractivity contribution in [2.45, 2.75) is 24.1 Å². The molecule has 0 aromatic carbocycles. The maximum atomic E-state index is 9.50. The van der Waals surface area contributed by atoms with Gasteiger partial charge in [0, 0.05) is 11.5 Å². The smallest absolute Gasteiger partial charge is 0.204 e. The third-order valence-electron chi connectivity index (χ3n) is 1.93. The van der Waals surface area contributed by atoms with Crippen LogP contribution >= 0.6 is 25.3 Å².